The third kappa shape index (κ3) is 7.48. The van der Waals surface area contributed by atoms with Crippen molar-refractivity contribution in [2.45, 2.75) is 24.0 Å². The minimum atomic E-state index is -3.87. The maximum Gasteiger partial charge on any atom is 0.264 e. The number of hydrogen-bond donors (Lipinski definition) is 1. The molecule has 0 aliphatic carbocycles. The summed E-state index contributed by atoms with van der Waals surface area (Å²) < 4.78 is 28.7. The van der Waals surface area contributed by atoms with Crippen molar-refractivity contribution < 1.29 is 13.2 Å². The van der Waals surface area contributed by atoms with Crippen LogP contribution in [0.25, 0.3) is 0 Å². The number of anilines is 1. The second kappa shape index (κ2) is 12.4. The molecule has 3 aromatic carbocycles. The highest BCUT2D eigenvalue weighted by molar-refractivity contribution is 14.1. The minimum absolute atomic E-state index is 0.156. The van der Waals surface area contributed by atoms with Gasteiger partial charge in [-0.3, -0.25) is 9.10 Å². The molecule has 0 unspecified atom stereocenters. The fourth-order valence-electron chi connectivity index (χ4n) is 3.18. The molecule has 174 valence electrons. The average Bonchev–Trinajstić information content (AvgIpc) is 2.82. The SMILES string of the molecule is Cc1ccccc1CSCCCNC(=O)CN(c1ccc(I)cc1)S(=O)(=O)c1ccccc1. The van der Waals surface area contributed by atoms with E-state index in [0.29, 0.717) is 12.2 Å². The topological polar surface area (TPSA) is 66.5 Å². The Morgan fingerprint density at radius 2 is 1.64 bits per heavy atom. The third-order valence-corrected chi connectivity index (χ3v) is 8.64. The smallest absolute Gasteiger partial charge is 0.264 e. The molecule has 0 spiro atoms. The van der Waals surface area contributed by atoms with Gasteiger partial charge in [0.2, 0.25) is 5.91 Å². The summed E-state index contributed by atoms with van der Waals surface area (Å²) in [4.78, 5) is 12.8. The second-order valence-electron chi connectivity index (χ2n) is 7.48. The van der Waals surface area contributed by atoms with Crippen molar-refractivity contribution in [1.82, 2.24) is 5.32 Å². The number of amides is 1. The van der Waals surface area contributed by atoms with Crippen LogP contribution in [0.4, 0.5) is 5.69 Å². The Bertz CT molecular complexity index is 1150. The van der Waals surface area contributed by atoms with Gasteiger partial charge < -0.3 is 5.32 Å². The van der Waals surface area contributed by atoms with Crippen LogP contribution < -0.4 is 9.62 Å². The number of carbonyl (C=O) groups excluding carboxylic acids is 1. The van der Waals surface area contributed by atoms with Gasteiger partial charge in [0.25, 0.3) is 10.0 Å². The minimum Gasteiger partial charge on any atom is -0.354 e. The van der Waals surface area contributed by atoms with Crippen molar-refractivity contribution in [2.24, 2.45) is 0 Å². The number of sulfonamides is 1. The summed E-state index contributed by atoms with van der Waals surface area (Å²) in [5.74, 6) is 1.53. The highest BCUT2D eigenvalue weighted by atomic mass is 127. The molecule has 3 aromatic rings. The number of halogens is 1. The molecule has 0 saturated carbocycles. The van der Waals surface area contributed by atoms with Gasteiger partial charge in [-0.05, 0) is 89.2 Å². The van der Waals surface area contributed by atoms with Crippen LogP contribution in [0.3, 0.4) is 0 Å². The Morgan fingerprint density at radius 1 is 0.970 bits per heavy atom. The highest BCUT2D eigenvalue weighted by Gasteiger charge is 2.26. The lowest BCUT2D eigenvalue weighted by atomic mass is 10.1. The van der Waals surface area contributed by atoms with Gasteiger partial charge >= 0.3 is 0 Å². The Labute approximate surface area is 214 Å². The average molecular weight is 595 g/mol. The van der Waals surface area contributed by atoms with Gasteiger partial charge in [0.05, 0.1) is 10.6 Å². The van der Waals surface area contributed by atoms with Crippen LogP contribution in [0.15, 0.2) is 83.8 Å². The van der Waals surface area contributed by atoms with Crippen molar-refractivity contribution in [1.29, 1.82) is 0 Å². The normalized spacial score (nSPS) is 11.2. The van der Waals surface area contributed by atoms with E-state index in [-0.39, 0.29) is 17.3 Å². The maximum absolute atomic E-state index is 13.3. The predicted octanol–water partition coefficient (Wildman–Crippen LogP) is 5.23. The second-order valence-corrected chi connectivity index (χ2v) is 11.7. The van der Waals surface area contributed by atoms with E-state index in [1.165, 1.54) is 15.4 Å². The fourth-order valence-corrected chi connectivity index (χ4v) is 6.02. The van der Waals surface area contributed by atoms with Crippen molar-refractivity contribution in [3.05, 3.63) is 93.6 Å². The number of carbonyl (C=O) groups is 1. The van der Waals surface area contributed by atoms with E-state index >= 15 is 0 Å². The first-order chi connectivity index (χ1) is 15.9. The molecule has 1 N–H and O–H groups in total. The van der Waals surface area contributed by atoms with E-state index in [1.54, 1.807) is 42.5 Å². The number of benzene rings is 3. The summed E-state index contributed by atoms with van der Waals surface area (Å²) in [6.07, 6.45) is 0.817. The van der Waals surface area contributed by atoms with Crippen LogP contribution in [0.5, 0.6) is 0 Å². The molecule has 0 radical (unpaired) electrons. The molecule has 0 aliphatic rings. The standard InChI is InChI=1S/C25H27IN2O3S2/c1-20-8-5-6-9-21(20)19-32-17-7-16-27-25(29)18-28(23-14-12-22(26)13-15-23)33(30,31)24-10-3-2-4-11-24/h2-6,8-15H,7,16-19H2,1H3,(H,27,29). The van der Waals surface area contributed by atoms with E-state index in [1.807, 2.05) is 36.0 Å². The first-order valence-electron chi connectivity index (χ1n) is 10.6. The molecule has 0 atom stereocenters. The summed E-state index contributed by atoms with van der Waals surface area (Å²) in [5, 5.41) is 2.87. The van der Waals surface area contributed by atoms with E-state index in [0.717, 1.165) is 21.5 Å². The summed E-state index contributed by atoms with van der Waals surface area (Å²) in [5.41, 5.74) is 3.07. The first-order valence-corrected chi connectivity index (χ1v) is 14.3. The summed E-state index contributed by atoms with van der Waals surface area (Å²) in [7, 11) is -3.87. The summed E-state index contributed by atoms with van der Waals surface area (Å²) in [6.45, 7) is 2.35. The molecule has 5 nitrogen and oxygen atoms in total. The van der Waals surface area contributed by atoms with Crippen molar-refractivity contribution >= 4 is 56.0 Å². The third-order valence-electron chi connectivity index (χ3n) is 5.04. The Morgan fingerprint density at radius 3 is 2.33 bits per heavy atom. The molecule has 1 amide bonds. The molecule has 33 heavy (non-hydrogen) atoms. The van der Waals surface area contributed by atoms with Crippen LogP contribution >= 0.6 is 34.4 Å². The van der Waals surface area contributed by atoms with Gasteiger partial charge in [0.15, 0.2) is 0 Å². The van der Waals surface area contributed by atoms with Crippen molar-refractivity contribution in [3.8, 4) is 0 Å². The van der Waals surface area contributed by atoms with Gasteiger partial charge in [-0.25, -0.2) is 8.42 Å². The van der Waals surface area contributed by atoms with Crippen molar-refractivity contribution in [3.63, 3.8) is 0 Å². The molecule has 0 fully saturated rings. The fraction of sp³-hybridized carbons (Fsp3) is 0.240. The van der Waals surface area contributed by atoms with E-state index in [2.05, 4.69) is 47.0 Å². The van der Waals surface area contributed by atoms with E-state index in [9.17, 15) is 13.2 Å². The number of nitrogens with one attached hydrogen (secondary N) is 1. The number of thioether (sulfide) groups is 1. The lowest BCUT2D eigenvalue weighted by Gasteiger charge is -2.24. The molecule has 0 heterocycles. The van der Waals surface area contributed by atoms with Crippen molar-refractivity contribution in [2.75, 3.05) is 23.1 Å². The van der Waals surface area contributed by atoms with Gasteiger partial charge in [-0.1, -0.05) is 42.5 Å². The number of aryl methyl sites for hydroxylation is 1. The zero-order chi connectivity index (χ0) is 23.7. The van der Waals surface area contributed by atoms with E-state index < -0.39 is 10.0 Å². The Balaban J connectivity index is 1.56. The maximum atomic E-state index is 13.3. The molecular formula is C25H27IN2O3S2. The first kappa shape index (κ1) is 25.6. The number of hydrogen-bond acceptors (Lipinski definition) is 4. The van der Waals surface area contributed by atoms with Crippen LogP contribution in [0, 0.1) is 10.5 Å². The lowest BCUT2D eigenvalue weighted by molar-refractivity contribution is -0.119. The number of rotatable bonds is 11. The summed E-state index contributed by atoms with van der Waals surface area (Å²) >= 11 is 3.99. The molecular weight excluding hydrogens is 567 g/mol. The van der Waals surface area contributed by atoms with Crippen LogP contribution in [0.1, 0.15) is 17.5 Å². The molecule has 0 bridgehead atoms. The summed E-state index contributed by atoms with van der Waals surface area (Å²) in [6, 6.07) is 23.6. The van der Waals surface area contributed by atoms with Crippen LogP contribution in [0.2, 0.25) is 0 Å². The van der Waals surface area contributed by atoms with Gasteiger partial charge in [-0.2, -0.15) is 11.8 Å². The predicted molar refractivity (Wildman–Crippen MR) is 145 cm³/mol. The number of nitrogens with zero attached hydrogens (tertiary/aromatic N) is 1. The van der Waals surface area contributed by atoms with Crippen LogP contribution in [-0.2, 0) is 20.6 Å². The van der Waals surface area contributed by atoms with Crippen LogP contribution in [-0.4, -0.2) is 33.2 Å². The van der Waals surface area contributed by atoms with Gasteiger partial charge in [-0.15, -0.1) is 0 Å². The Kier molecular flexibility index (Phi) is 9.64. The molecule has 0 aromatic heterocycles. The molecule has 3 rings (SSSR count). The Hall–Kier alpha value is -2.04. The molecule has 0 aliphatic heterocycles. The van der Waals surface area contributed by atoms with Gasteiger partial charge in [0, 0.05) is 15.9 Å². The lowest BCUT2D eigenvalue weighted by Crippen LogP contribution is -2.41. The monoisotopic (exact) mass is 594 g/mol. The largest absolute Gasteiger partial charge is 0.354 e. The van der Waals surface area contributed by atoms with Gasteiger partial charge in [0.1, 0.15) is 6.54 Å². The highest BCUT2D eigenvalue weighted by Crippen LogP contribution is 2.24. The molecule has 0 saturated heterocycles. The quantitative estimate of drug-likeness (QED) is 0.244. The molecule has 8 heteroatoms. The zero-order valence-corrected chi connectivity index (χ0v) is 22.2. The van der Waals surface area contributed by atoms with E-state index in [4.69, 9.17) is 0 Å². The zero-order valence-electron chi connectivity index (χ0n) is 18.4.